The van der Waals surface area contributed by atoms with Crippen LogP contribution in [0.2, 0.25) is 0 Å². The van der Waals surface area contributed by atoms with Crippen molar-refractivity contribution in [1.29, 1.82) is 0 Å². The predicted octanol–water partition coefficient (Wildman–Crippen LogP) is 3.56. The number of hydrogen-bond donors (Lipinski definition) is 2. The summed E-state index contributed by atoms with van der Waals surface area (Å²) in [6.45, 7) is 0.609. The normalized spacial score (nSPS) is 10.6. The number of fused-ring (bicyclic) bond motifs is 1. The van der Waals surface area contributed by atoms with Crippen LogP contribution in [0.5, 0.6) is 0 Å². The maximum atomic E-state index is 12.1. The smallest absolute Gasteiger partial charge is 0.321 e. The number of para-hydroxylation sites is 2. The summed E-state index contributed by atoms with van der Waals surface area (Å²) in [5.41, 5.74) is 3.23. The Morgan fingerprint density at radius 1 is 1.09 bits per heavy atom. The minimum Gasteiger partial charge on any atom is -0.361 e. The molecule has 1 heterocycles. The van der Waals surface area contributed by atoms with Gasteiger partial charge in [0, 0.05) is 36.4 Å². The van der Waals surface area contributed by atoms with E-state index in [2.05, 4.69) is 22.4 Å². The summed E-state index contributed by atoms with van der Waals surface area (Å²) >= 11 is 0. The van der Waals surface area contributed by atoms with E-state index in [1.165, 1.54) is 10.9 Å². The van der Waals surface area contributed by atoms with Gasteiger partial charge in [0.2, 0.25) is 0 Å². The first-order chi connectivity index (χ1) is 10.8. The second-order valence-electron chi connectivity index (χ2n) is 5.24. The first-order valence-electron chi connectivity index (χ1n) is 7.37. The molecule has 0 saturated heterocycles. The molecule has 112 valence electrons. The zero-order valence-electron chi connectivity index (χ0n) is 12.5. The van der Waals surface area contributed by atoms with Crippen LogP contribution in [0.4, 0.5) is 10.5 Å². The molecule has 4 heteroatoms. The number of amides is 2. The van der Waals surface area contributed by atoms with Crippen molar-refractivity contribution in [2.75, 3.05) is 18.5 Å². The SMILES string of the molecule is CN(C(=O)NCCc1c[nH]c2ccccc12)c1ccccc1. The highest BCUT2D eigenvalue weighted by Crippen LogP contribution is 2.17. The number of nitrogens with zero attached hydrogens (tertiary/aromatic N) is 1. The van der Waals surface area contributed by atoms with E-state index in [4.69, 9.17) is 0 Å². The fourth-order valence-corrected chi connectivity index (χ4v) is 2.53. The number of H-pyrrole nitrogens is 1. The summed E-state index contributed by atoms with van der Waals surface area (Å²) < 4.78 is 0. The van der Waals surface area contributed by atoms with E-state index in [0.717, 1.165) is 17.6 Å². The largest absolute Gasteiger partial charge is 0.361 e. The monoisotopic (exact) mass is 293 g/mol. The van der Waals surface area contributed by atoms with E-state index < -0.39 is 0 Å². The van der Waals surface area contributed by atoms with Gasteiger partial charge >= 0.3 is 6.03 Å². The Kier molecular flexibility index (Phi) is 4.10. The van der Waals surface area contributed by atoms with Crippen LogP contribution in [0.3, 0.4) is 0 Å². The molecule has 0 unspecified atom stereocenters. The summed E-state index contributed by atoms with van der Waals surface area (Å²) in [6.07, 6.45) is 2.82. The molecule has 3 aromatic rings. The van der Waals surface area contributed by atoms with Crippen LogP contribution in [-0.4, -0.2) is 24.6 Å². The lowest BCUT2D eigenvalue weighted by Gasteiger charge is -2.17. The van der Waals surface area contributed by atoms with Crippen molar-refractivity contribution >= 4 is 22.6 Å². The highest BCUT2D eigenvalue weighted by atomic mass is 16.2. The molecule has 0 aliphatic carbocycles. The highest BCUT2D eigenvalue weighted by molar-refractivity contribution is 5.91. The van der Waals surface area contributed by atoms with E-state index >= 15 is 0 Å². The molecule has 2 N–H and O–H groups in total. The molecule has 0 saturated carbocycles. The van der Waals surface area contributed by atoms with Gasteiger partial charge in [-0.15, -0.1) is 0 Å². The number of nitrogens with one attached hydrogen (secondary N) is 2. The van der Waals surface area contributed by atoms with Gasteiger partial charge in [-0.25, -0.2) is 4.79 Å². The first-order valence-corrected chi connectivity index (χ1v) is 7.37. The number of benzene rings is 2. The van der Waals surface area contributed by atoms with Gasteiger partial charge in [-0.2, -0.15) is 0 Å². The Morgan fingerprint density at radius 2 is 1.82 bits per heavy atom. The molecular weight excluding hydrogens is 274 g/mol. The lowest BCUT2D eigenvalue weighted by molar-refractivity contribution is 0.247. The minimum absolute atomic E-state index is 0.0916. The number of hydrogen-bond acceptors (Lipinski definition) is 1. The molecule has 0 fully saturated rings. The van der Waals surface area contributed by atoms with Crippen LogP contribution in [-0.2, 0) is 6.42 Å². The highest BCUT2D eigenvalue weighted by Gasteiger charge is 2.10. The average Bonchev–Trinajstić information content (AvgIpc) is 2.98. The standard InChI is InChI=1S/C18H19N3O/c1-21(15-7-3-2-4-8-15)18(22)19-12-11-14-13-20-17-10-6-5-9-16(14)17/h2-10,13,20H,11-12H2,1H3,(H,19,22). The summed E-state index contributed by atoms with van der Waals surface area (Å²) in [6, 6.07) is 17.7. The number of aromatic nitrogens is 1. The second kappa shape index (κ2) is 6.35. The molecular formula is C18H19N3O. The van der Waals surface area contributed by atoms with Crippen molar-refractivity contribution in [1.82, 2.24) is 10.3 Å². The van der Waals surface area contributed by atoms with Crippen LogP contribution in [0, 0.1) is 0 Å². The molecule has 4 nitrogen and oxygen atoms in total. The molecule has 0 radical (unpaired) electrons. The molecule has 22 heavy (non-hydrogen) atoms. The summed E-state index contributed by atoms with van der Waals surface area (Å²) in [7, 11) is 1.77. The first kappa shape index (κ1) is 14.2. The van der Waals surface area contributed by atoms with Gasteiger partial charge in [0.25, 0.3) is 0 Å². The molecule has 0 spiro atoms. The number of rotatable bonds is 4. The van der Waals surface area contributed by atoms with Crippen LogP contribution in [0.1, 0.15) is 5.56 Å². The van der Waals surface area contributed by atoms with Crippen LogP contribution in [0.25, 0.3) is 10.9 Å². The maximum absolute atomic E-state index is 12.1. The third kappa shape index (κ3) is 2.96. The topological polar surface area (TPSA) is 48.1 Å². The molecule has 1 aromatic heterocycles. The van der Waals surface area contributed by atoms with E-state index in [-0.39, 0.29) is 6.03 Å². The van der Waals surface area contributed by atoms with Gasteiger partial charge in [0.1, 0.15) is 0 Å². The number of urea groups is 1. The minimum atomic E-state index is -0.0916. The fraction of sp³-hybridized carbons (Fsp3) is 0.167. The van der Waals surface area contributed by atoms with Gasteiger partial charge in [-0.1, -0.05) is 36.4 Å². The zero-order chi connectivity index (χ0) is 15.4. The Labute approximate surface area is 129 Å². The number of carbonyl (C=O) groups is 1. The zero-order valence-corrected chi connectivity index (χ0v) is 12.5. The Bertz CT molecular complexity index is 764. The van der Waals surface area contributed by atoms with E-state index in [1.54, 1.807) is 11.9 Å². The Hall–Kier alpha value is -2.75. The van der Waals surface area contributed by atoms with Gasteiger partial charge in [-0.3, -0.25) is 4.90 Å². The number of anilines is 1. The maximum Gasteiger partial charge on any atom is 0.321 e. The lowest BCUT2D eigenvalue weighted by atomic mass is 10.1. The molecule has 0 aliphatic heterocycles. The van der Waals surface area contributed by atoms with Crippen LogP contribution in [0.15, 0.2) is 60.8 Å². The fourth-order valence-electron chi connectivity index (χ4n) is 2.53. The molecule has 3 rings (SSSR count). The van der Waals surface area contributed by atoms with Gasteiger partial charge in [0.15, 0.2) is 0 Å². The summed E-state index contributed by atoms with van der Waals surface area (Å²) in [5.74, 6) is 0. The van der Waals surface area contributed by atoms with Crippen molar-refractivity contribution in [3.63, 3.8) is 0 Å². The third-order valence-electron chi connectivity index (χ3n) is 3.79. The number of aromatic amines is 1. The van der Waals surface area contributed by atoms with Crippen LogP contribution < -0.4 is 10.2 Å². The second-order valence-corrected chi connectivity index (χ2v) is 5.24. The van der Waals surface area contributed by atoms with Crippen molar-refractivity contribution in [3.8, 4) is 0 Å². The van der Waals surface area contributed by atoms with Crippen molar-refractivity contribution in [2.24, 2.45) is 0 Å². The Morgan fingerprint density at radius 3 is 2.64 bits per heavy atom. The predicted molar refractivity (Wildman–Crippen MR) is 90.2 cm³/mol. The van der Waals surface area contributed by atoms with E-state index in [0.29, 0.717) is 6.54 Å². The molecule has 2 aromatic carbocycles. The third-order valence-corrected chi connectivity index (χ3v) is 3.79. The van der Waals surface area contributed by atoms with Crippen molar-refractivity contribution in [2.45, 2.75) is 6.42 Å². The summed E-state index contributed by atoms with van der Waals surface area (Å²) in [5, 5.41) is 4.17. The van der Waals surface area contributed by atoms with Gasteiger partial charge in [0.05, 0.1) is 0 Å². The molecule has 0 bridgehead atoms. The van der Waals surface area contributed by atoms with Crippen molar-refractivity contribution in [3.05, 3.63) is 66.4 Å². The average molecular weight is 293 g/mol. The molecule has 0 atom stereocenters. The quantitative estimate of drug-likeness (QED) is 0.759. The molecule has 0 aliphatic rings. The lowest BCUT2D eigenvalue weighted by Crippen LogP contribution is -2.38. The van der Waals surface area contributed by atoms with Crippen molar-refractivity contribution < 1.29 is 4.79 Å². The van der Waals surface area contributed by atoms with Gasteiger partial charge in [-0.05, 0) is 30.2 Å². The molecule has 2 amide bonds. The van der Waals surface area contributed by atoms with E-state index in [9.17, 15) is 4.79 Å². The Balaban J connectivity index is 1.58. The van der Waals surface area contributed by atoms with Gasteiger partial charge < -0.3 is 10.3 Å². The van der Waals surface area contributed by atoms with E-state index in [1.807, 2.05) is 48.7 Å². The summed E-state index contributed by atoms with van der Waals surface area (Å²) in [4.78, 5) is 17.0. The van der Waals surface area contributed by atoms with Crippen LogP contribution >= 0.6 is 0 Å². The number of carbonyl (C=O) groups excluding carboxylic acids is 1.